The zero-order valence-electron chi connectivity index (χ0n) is 22.4. The minimum Gasteiger partial charge on any atom is -0.327 e. The molecule has 2 amide bonds. The second-order valence-corrected chi connectivity index (χ2v) is 11.2. The number of anilines is 1. The Kier molecular flexibility index (Phi) is 9.59. The predicted molar refractivity (Wildman–Crippen MR) is 164 cm³/mol. The predicted octanol–water partition coefficient (Wildman–Crippen LogP) is 8.99. The van der Waals surface area contributed by atoms with Crippen LogP contribution in [0.2, 0.25) is 10.0 Å². The van der Waals surface area contributed by atoms with Crippen molar-refractivity contribution in [2.45, 2.75) is 29.5 Å². The molecule has 43 heavy (non-hydrogen) atoms. The van der Waals surface area contributed by atoms with Gasteiger partial charge in [0.15, 0.2) is 11.0 Å². The molecule has 0 saturated carbocycles. The fraction of sp³-hybridized carbons (Fsp3) is 0.129. The highest BCUT2D eigenvalue weighted by atomic mass is 35.5. The van der Waals surface area contributed by atoms with E-state index in [0.717, 1.165) is 17.2 Å². The van der Waals surface area contributed by atoms with Gasteiger partial charge in [-0.1, -0.05) is 108 Å². The maximum atomic E-state index is 13.6. The lowest BCUT2D eigenvalue weighted by atomic mass is 10.1. The minimum atomic E-state index is -4.65. The standard InChI is InChI=1S/C31H24Cl2F3N5OS/c32-22-15-16-27(24(33)18-22)41-28(39-40-30(41)43-19-21-11-5-2-6-12-21)26(17-20-9-3-1-4-10-20)38-29(42)37-25-14-8-7-13-23(25)31(34,35)36/h1-16,18,26H,17,19H2,(H2,37,38,42). The summed E-state index contributed by atoms with van der Waals surface area (Å²) in [7, 11) is 0. The van der Waals surface area contributed by atoms with E-state index in [-0.39, 0.29) is 12.1 Å². The molecule has 0 aliphatic carbocycles. The van der Waals surface area contributed by atoms with Crippen LogP contribution in [-0.2, 0) is 18.3 Å². The fourth-order valence-corrected chi connectivity index (χ4v) is 5.82. The van der Waals surface area contributed by atoms with Crippen LogP contribution in [0.15, 0.2) is 108 Å². The maximum absolute atomic E-state index is 13.6. The second kappa shape index (κ2) is 13.5. The van der Waals surface area contributed by atoms with Crippen LogP contribution in [0, 0.1) is 0 Å². The Labute approximate surface area is 260 Å². The first kappa shape index (κ1) is 30.5. The molecule has 0 radical (unpaired) electrons. The summed E-state index contributed by atoms with van der Waals surface area (Å²) in [5.41, 5.74) is 1.13. The first-order chi connectivity index (χ1) is 20.7. The van der Waals surface area contributed by atoms with Gasteiger partial charge in [0.2, 0.25) is 0 Å². The zero-order valence-corrected chi connectivity index (χ0v) is 24.7. The van der Waals surface area contributed by atoms with E-state index < -0.39 is 23.8 Å². The van der Waals surface area contributed by atoms with E-state index in [1.54, 1.807) is 22.8 Å². The molecular formula is C31H24Cl2F3N5OS. The molecule has 0 spiro atoms. The number of amides is 2. The van der Waals surface area contributed by atoms with Crippen molar-refractivity contribution in [3.63, 3.8) is 0 Å². The quantitative estimate of drug-likeness (QED) is 0.158. The molecule has 4 aromatic carbocycles. The van der Waals surface area contributed by atoms with Crippen LogP contribution in [-0.4, -0.2) is 20.8 Å². The van der Waals surface area contributed by atoms with E-state index in [0.29, 0.717) is 32.5 Å². The van der Waals surface area contributed by atoms with Crippen molar-refractivity contribution in [2.75, 3.05) is 5.32 Å². The lowest BCUT2D eigenvalue weighted by Crippen LogP contribution is -2.35. The highest BCUT2D eigenvalue weighted by Crippen LogP contribution is 2.35. The Bertz CT molecular complexity index is 1700. The molecule has 6 nitrogen and oxygen atoms in total. The Balaban J connectivity index is 1.53. The lowest BCUT2D eigenvalue weighted by molar-refractivity contribution is -0.136. The average molecular weight is 643 g/mol. The molecule has 1 aromatic heterocycles. The molecule has 0 saturated heterocycles. The van der Waals surface area contributed by atoms with Crippen molar-refractivity contribution >= 4 is 46.7 Å². The number of benzene rings is 4. The van der Waals surface area contributed by atoms with Gasteiger partial charge < -0.3 is 10.6 Å². The van der Waals surface area contributed by atoms with E-state index in [4.69, 9.17) is 23.2 Å². The Morgan fingerprint density at radius 3 is 2.19 bits per heavy atom. The molecule has 1 atom stereocenters. The van der Waals surface area contributed by atoms with Crippen LogP contribution in [0.4, 0.5) is 23.7 Å². The number of carbonyl (C=O) groups excluding carboxylic acids is 1. The van der Waals surface area contributed by atoms with Crippen LogP contribution in [0.5, 0.6) is 0 Å². The van der Waals surface area contributed by atoms with E-state index in [9.17, 15) is 18.0 Å². The van der Waals surface area contributed by atoms with Gasteiger partial charge in [0, 0.05) is 17.2 Å². The first-order valence-electron chi connectivity index (χ1n) is 13.0. The van der Waals surface area contributed by atoms with Gasteiger partial charge >= 0.3 is 12.2 Å². The van der Waals surface area contributed by atoms with Crippen LogP contribution in [0.3, 0.4) is 0 Å². The Hall–Kier alpha value is -3.99. The number of hydrogen-bond donors (Lipinski definition) is 2. The van der Waals surface area contributed by atoms with Gasteiger partial charge in [0.05, 0.1) is 28.0 Å². The second-order valence-electron chi connectivity index (χ2n) is 9.43. The summed E-state index contributed by atoms with van der Waals surface area (Å²) in [5.74, 6) is 0.915. The van der Waals surface area contributed by atoms with Gasteiger partial charge in [-0.05, 0) is 41.5 Å². The van der Waals surface area contributed by atoms with Gasteiger partial charge in [-0.2, -0.15) is 13.2 Å². The van der Waals surface area contributed by atoms with E-state index in [1.165, 1.54) is 30.0 Å². The smallest absolute Gasteiger partial charge is 0.327 e. The van der Waals surface area contributed by atoms with Gasteiger partial charge in [-0.15, -0.1) is 10.2 Å². The number of alkyl halides is 3. The summed E-state index contributed by atoms with van der Waals surface area (Å²) in [6.07, 6.45) is -4.38. The summed E-state index contributed by atoms with van der Waals surface area (Å²) >= 11 is 14.3. The van der Waals surface area contributed by atoms with Crippen molar-refractivity contribution < 1.29 is 18.0 Å². The number of aromatic nitrogens is 3. The molecule has 0 fully saturated rings. The van der Waals surface area contributed by atoms with Crippen molar-refractivity contribution in [1.82, 2.24) is 20.1 Å². The van der Waals surface area contributed by atoms with Gasteiger partial charge in [-0.3, -0.25) is 4.57 Å². The maximum Gasteiger partial charge on any atom is 0.418 e. The number of hydrogen-bond acceptors (Lipinski definition) is 4. The summed E-state index contributed by atoms with van der Waals surface area (Å²) in [6, 6.07) is 27.3. The molecule has 1 heterocycles. The summed E-state index contributed by atoms with van der Waals surface area (Å²) in [6.45, 7) is 0. The lowest BCUT2D eigenvalue weighted by Gasteiger charge is -2.22. The third-order valence-electron chi connectivity index (χ3n) is 6.40. The number of nitrogens with zero attached hydrogens (tertiary/aromatic N) is 3. The number of carbonyl (C=O) groups is 1. The van der Waals surface area contributed by atoms with E-state index in [2.05, 4.69) is 20.8 Å². The number of halogens is 5. The Morgan fingerprint density at radius 2 is 1.51 bits per heavy atom. The molecule has 0 bridgehead atoms. The average Bonchev–Trinajstić information content (AvgIpc) is 3.40. The molecule has 220 valence electrons. The zero-order chi connectivity index (χ0) is 30.4. The number of para-hydroxylation sites is 1. The molecular weight excluding hydrogens is 618 g/mol. The number of rotatable bonds is 9. The first-order valence-corrected chi connectivity index (χ1v) is 14.8. The van der Waals surface area contributed by atoms with Crippen LogP contribution in [0.25, 0.3) is 5.69 Å². The third kappa shape index (κ3) is 7.70. The van der Waals surface area contributed by atoms with Crippen LogP contribution >= 0.6 is 35.0 Å². The highest BCUT2D eigenvalue weighted by Gasteiger charge is 2.34. The van der Waals surface area contributed by atoms with Crippen LogP contribution < -0.4 is 10.6 Å². The minimum absolute atomic E-state index is 0.266. The van der Waals surface area contributed by atoms with E-state index >= 15 is 0 Å². The largest absolute Gasteiger partial charge is 0.418 e. The molecule has 5 rings (SSSR count). The van der Waals surface area contributed by atoms with Gasteiger partial charge in [0.25, 0.3) is 0 Å². The van der Waals surface area contributed by atoms with Crippen molar-refractivity contribution in [2.24, 2.45) is 0 Å². The normalized spacial score (nSPS) is 12.1. The summed E-state index contributed by atoms with van der Waals surface area (Å²) in [4.78, 5) is 13.2. The molecule has 12 heteroatoms. The fourth-order valence-electron chi connectivity index (χ4n) is 4.42. The van der Waals surface area contributed by atoms with Crippen LogP contribution in [0.1, 0.15) is 28.6 Å². The van der Waals surface area contributed by atoms with Crippen molar-refractivity contribution in [3.8, 4) is 5.69 Å². The third-order valence-corrected chi connectivity index (χ3v) is 7.94. The summed E-state index contributed by atoms with van der Waals surface area (Å²) < 4.78 is 42.5. The molecule has 1 unspecified atom stereocenters. The van der Waals surface area contributed by atoms with E-state index in [1.807, 2.05) is 60.7 Å². The number of nitrogens with one attached hydrogen (secondary N) is 2. The van der Waals surface area contributed by atoms with Crippen molar-refractivity contribution in [3.05, 3.63) is 136 Å². The Morgan fingerprint density at radius 1 is 0.860 bits per heavy atom. The van der Waals surface area contributed by atoms with Crippen molar-refractivity contribution in [1.29, 1.82) is 0 Å². The number of urea groups is 1. The summed E-state index contributed by atoms with van der Waals surface area (Å²) in [5, 5.41) is 15.3. The van der Waals surface area contributed by atoms with Gasteiger partial charge in [-0.25, -0.2) is 4.79 Å². The molecule has 5 aromatic rings. The molecule has 0 aliphatic rings. The molecule has 0 aliphatic heterocycles. The van der Waals surface area contributed by atoms with Gasteiger partial charge in [0.1, 0.15) is 0 Å². The topological polar surface area (TPSA) is 71.8 Å². The highest BCUT2D eigenvalue weighted by molar-refractivity contribution is 7.98. The monoisotopic (exact) mass is 641 g/mol. The SMILES string of the molecule is O=C(Nc1ccccc1C(F)(F)F)NC(Cc1ccccc1)c1nnc(SCc2ccccc2)n1-c1ccc(Cl)cc1Cl. The molecule has 2 N–H and O–H groups in total. The number of thioether (sulfide) groups is 1.